The van der Waals surface area contributed by atoms with Crippen molar-refractivity contribution in [3.63, 3.8) is 0 Å². The van der Waals surface area contributed by atoms with Crippen LogP contribution >= 0.6 is 0 Å². The fourth-order valence-corrected chi connectivity index (χ4v) is 0.951. The molecule has 0 unspecified atom stereocenters. The van der Waals surface area contributed by atoms with Crippen LogP contribution < -0.4 is 5.32 Å². The first-order chi connectivity index (χ1) is 6.88. The molecule has 15 heavy (non-hydrogen) atoms. The van der Waals surface area contributed by atoms with Crippen molar-refractivity contribution >= 4 is 5.97 Å². The molecule has 86 valence electrons. The van der Waals surface area contributed by atoms with Gasteiger partial charge in [-0.3, -0.25) is 0 Å². The van der Waals surface area contributed by atoms with E-state index in [2.05, 4.69) is 11.4 Å². The second-order valence-electron chi connectivity index (χ2n) is 2.96. The fraction of sp³-hybridized carbons (Fsp3) is 0.750. The number of piperidine rings is 1. The van der Waals surface area contributed by atoms with Gasteiger partial charge in [-0.1, -0.05) is 0 Å². The molecule has 1 aliphatic rings. The van der Waals surface area contributed by atoms with Crippen molar-refractivity contribution in [2.45, 2.75) is 19.0 Å². The second-order valence-corrected chi connectivity index (χ2v) is 2.96. The van der Waals surface area contributed by atoms with E-state index in [1.54, 1.807) is 0 Å². The molecule has 0 aromatic carbocycles. The van der Waals surface area contributed by atoms with E-state index >= 15 is 0 Å². The average molecular weight is 224 g/mol. The molecule has 1 heterocycles. The van der Waals surface area contributed by atoms with E-state index in [4.69, 9.17) is 15.2 Å². The van der Waals surface area contributed by atoms with E-state index in [9.17, 15) is 13.2 Å². The average Bonchev–Trinajstić information content (AvgIpc) is 2.18. The Hall–Kier alpha value is -1.29. The summed E-state index contributed by atoms with van der Waals surface area (Å²) in [5.41, 5.74) is 0. The van der Waals surface area contributed by atoms with Crippen LogP contribution in [0.15, 0.2) is 0 Å². The molecule has 2 N–H and O–H groups in total. The molecule has 0 aromatic rings. The minimum Gasteiger partial charge on any atom is -0.475 e. The first-order valence-corrected chi connectivity index (χ1v) is 4.28. The number of nitriles is 1. The van der Waals surface area contributed by atoms with Crippen LogP contribution in [0.1, 0.15) is 12.8 Å². The Kier molecular flexibility index (Phi) is 5.70. The number of nitrogens with zero attached hydrogens (tertiary/aromatic N) is 1. The molecule has 1 rings (SSSR count). The Balaban J connectivity index is 0.000000265. The normalized spacial score (nSPS) is 17.2. The maximum Gasteiger partial charge on any atom is 0.490 e. The number of rotatable bonds is 0. The lowest BCUT2D eigenvalue weighted by Crippen LogP contribution is -2.26. The Morgan fingerprint density at radius 3 is 2.00 bits per heavy atom. The monoisotopic (exact) mass is 224 g/mol. The highest BCUT2D eigenvalue weighted by Crippen LogP contribution is 2.13. The molecule has 0 radical (unpaired) electrons. The van der Waals surface area contributed by atoms with Crippen LogP contribution in [0.2, 0.25) is 0 Å². The quantitative estimate of drug-likeness (QED) is 0.647. The zero-order chi connectivity index (χ0) is 11.9. The zero-order valence-corrected chi connectivity index (χ0v) is 7.84. The van der Waals surface area contributed by atoms with Crippen molar-refractivity contribution in [3.05, 3.63) is 0 Å². The lowest BCUT2D eigenvalue weighted by molar-refractivity contribution is -0.192. The molecular formula is C8H11F3N2O2. The number of carboxylic acids is 1. The number of halogens is 3. The summed E-state index contributed by atoms with van der Waals surface area (Å²) in [4.78, 5) is 8.90. The predicted molar refractivity (Wildman–Crippen MR) is 44.9 cm³/mol. The van der Waals surface area contributed by atoms with Gasteiger partial charge in [-0.25, -0.2) is 4.79 Å². The number of carboxylic acid groups (broad SMARTS) is 1. The standard InChI is InChI=1S/C6H10N2.C2HF3O2/c7-5-6-1-3-8-4-2-6;3-2(4,5)1(6)7/h6,8H,1-4H2;(H,6,7). The molecule has 0 aromatic heterocycles. The van der Waals surface area contributed by atoms with Crippen molar-refractivity contribution in [1.29, 1.82) is 5.26 Å². The van der Waals surface area contributed by atoms with Crippen molar-refractivity contribution in [3.8, 4) is 6.07 Å². The maximum atomic E-state index is 10.6. The van der Waals surface area contributed by atoms with E-state index < -0.39 is 12.1 Å². The number of hydrogen-bond acceptors (Lipinski definition) is 3. The van der Waals surface area contributed by atoms with Crippen LogP contribution in [0.4, 0.5) is 13.2 Å². The van der Waals surface area contributed by atoms with Crippen molar-refractivity contribution in [1.82, 2.24) is 5.32 Å². The largest absolute Gasteiger partial charge is 0.490 e. The number of aliphatic carboxylic acids is 1. The number of hydrogen-bond donors (Lipinski definition) is 2. The summed E-state index contributed by atoms with van der Waals surface area (Å²) < 4.78 is 31.7. The first-order valence-electron chi connectivity index (χ1n) is 4.28. The summed E-state index contributed by atoms with van der Waals surface area (Å²) in [5.74, 6) is -2.43. The van der Waals surface area contributed by atoms with Gasteiger partial charge in [0.05, 0.1) is 6.07 Å². The van der Waals surface area contributed by atoms with E-state index in [-0.39, 0.29) is 0 Å². The van der Waals surface area contributed by atoms with Crippen LogP contribution in [0.25, 0.3) is 0 Å². The highest BCUT2D eigenvalue weighted by atomic mass is 19.4. The summed E-state index contributed by atoms with van der Waals surface area (Å²) in [6.07, 6.45) is -3.01. The highest BCUT2D eigenvalue weighted by Gasteiger charge is 2.38. The van der Waals surface area contributed by atoms with Gasteiger partial charge in [-0.15, -0.1) is 0 Å². The minimum absolute atomic E-state index is 0.330. The summed E-state index contributed by atoms with van der Waals surface area (Å²) >= 11 is 0. The molecular weight excluding hydrogens is 213 g/mol. The third-order valence-corrected chi connectivity index (χ3v) is 1.76. The van der Waals surface area contributed by atoms with Gasteiger partial charge in [0.25, 0.3) is 0 Å². The van der Waals surface area contributed by atoms with Crippen LogP contribution in [-0.2, 0) is 4.79 Å². The Morgan fingerprint density at radius 2 is 1.80 bits per heavy atom. The number of nitrogens with one attached hydrogen (secondary N) is 1. The fourth-order valence-electron chi connectivity index (χ4n) is 0.951. The molecule has 7 heteroatoms. The summed E-state index contributed by atoms with van der Waals surface area (Å²) in [6, 6.07) is 2.26. The lowest BCUT2D eigenvalue weighted by atomic mass is 10.0. The number of carbonyl (C=O) groups is 1. The van der Waals surface area contributed by atoms with Gasteiger partial charge in [0.2, 0.25) is 0 Å². The van der Waals surface area contributed by atoms with Gasteiger partial charge in [0, 0.05) is 5.92 Å². The van der Waals surface area contributed by atoms with Gasteiger partial charge in [-0.05, 0) is 25.9 Å². The Labute approximate surface area is 84.7 Å². The highest BCUT2D eigenvalue weighted by molar-refractivity contribution is 5.73. The minimum atomic E-state index is -5.08. The second kappa shape index (κ2) is 6.24. The molecule has 0 saturated carbocycles. The van der Waals surface area contributed by atoms with Gasteiger partial charge in [0.1, 0.15) is 0 Å². The molecule has 0 spiro atoms. The van der Waals surface area contributed by atoms with Crippen LogP contribution in [0.5, 0.6) is 0 Å². The van der Waals surface area contributed by atoms with Crippen LogP contribution in [-0.4, -0.2) is 30.3 Å². The third kappa shape index (κ3) is 6.74. The summed E-state index contributed by atoms with van der Waals surface area (Å²) in [6.45, 7) is 2.05. The smallest absolute Gasteiger partial charge is 0.475 e. The maximum absolute atomic E-state index is 10.6. The van der Waals surface area contributed by atoms with E-state index in [1.807, 2.05) is 0 Å². The number of alkyl halides is 3. The topological polar surface area (TPSA) is 73.1 Å². The molecule has 0 atom stereocenters. The molecule has 4 nitrogen and oxygen atoms in total. The Morgan fingerprint density at radius 1 is 1.40 bits per heavy atom. The van der Waals surface area contributed by atoms with Gasteiger partial charge in [-0.2, -0.15) is 18.4 Å². The SMILES string of the molecule is N#CC1CCNCC1.O=C(O)C(F)(F)F. The van der Waals surface area contributed by atoms with Crippen molar-refractivity contribution < 1.29 is 23.1 Å². The van der Waals surface area contributed by atoms with Gasteiger partial charge < -0.3 is 10.4 Å². The van der Waals surface area contributed by atoms with Crippen molar-refractivity contribution in [2.75, 3.05) is 13.1 Å². The van der Waals surface area contributed by atoms with Gasteiger partial charge in [0.15, 0.2) is 0 Å². The molecule has 1 saturated heterocycles. The van der Waals surface area contributed by atoms with E-state index in [0.29, 0.717) is 5.92 Å². The summed E-state index contributed by atoms with van der Waals surface area (Å²) in [5, 5.41) is 18.7. The molecule has 1 aliphatic heterocycles. The lowest BCUT2D eigenvalue weighted by Gasteiger charge is -2.15. The first kappa shape index (κ1) is 13.7. The molecule has 0 aliphatic carbocycles. The predicted octanol–water partition coefficient (Wildman–Crippen LogP) is 1.14. The molecule has 0 amide bonds. The zero-order valence-electron chi connectivity index (χ0n) is 7.84. The van der Waals surface area contributed by atoms with Crippen molar-refractivity contribution in [2.24, 2.45) is 5.92 Å². The molecule has 0 bridgehead atoms. The van der Waals surface area contributed by atoms with E-state index in [0.717, 1.165) is 25.9 Å². The van der Waals surface area contributed by atoms with Crippen LogP contribution in [0, 0.1) is 17.2 Å². The Bertz CT molecular complexity index is 241. The van der Waals surface area contributed by atoms with Crippen LogP contribution in [0.3, 0.4) is 0 Å². The third-order valence-electron chi connectivity index (χ3n) is 1.76. The molecule has 1 fully saturated rings. The van der Waals surface area contributed by atoms with Gasteiger partial charge >= 0.3 is 12.1 Å². The summed E-state index contributed by atoms with van der Waals surface area (Å²) in [7, 11) is 0. The van der Waals surface area contributed by atoms with E-state index in [1.165, 1.54) is 0 Å².